The van der Waals surface area contributed by atoms with Gasteiger partial charge in [-0.3, -0.25) is 9.78 Å². The van der Waals surface area contributed by atoms with Crippen LogP contribution in [0.2, 0.25) is 0 Å². The first-order chi connectivity index (χ1) is 7.75. The van der Waals surface area contributed by atoms with Crippen molar-refractivity contribution in [3.05, 3.63) is 35.5 Å². The quantitative estimate of drug-likeness (QED) is 0.777. The van der Waals surface area contributed by atoms with E-state index in [1.54, 1.807) is 18.2 Å². The van der Waals surface area contributed by atoms with Crippen LogP contribution in [0.15, 0.2) is 24.4 Å². The Morgan fingerprint density at radius 2 is 2.31 bits per heavy atom. The second-order valence-corrected chi connectivity index (χ2v) is 3.81. The Kier molecular flexibility index (Phi) is 1.83. The highest BCUT2D eigenvalue weighted by molar-refractivity contribution is 5.98. The number of carbonyl (C=O) groups excluding carboxylic acids is 1. The molecule has 1 aromatic carbocycles. The number of amides is 1. The van der Waals surface area contributed by atoms with Crippen LogP contribution in [0.5, 0.6) is 5.75 Å². The topological polar surface area (TPSA) is 65.2 Å². The van der Waals surface area contributed by atoms with Crippen LogP contribution in [0.3, 0.4) is 0 Å². The van der Waals surface area contributed by atoms with Gasteiger partial charge in [-0.2, -0.15) is 0 Å². The monoisotopic (exact) mass is 214 g/mol. The highest BCUT2D eigenvalue weighted by Gasteiger charge is 2.16. The fourth-order valence-corrected chi connectivity index (χ4v) is 1.97. The average Bonchev–Trinajstić information content (AvgIpc) is 2.76. The number of carbonyl (C=O) groups is 1. The first-order valence-electron chi connectivity index (χ1n) is 5.10. The summed E-state index contributed by atoms with van der Waals surface area (Å²) in [5.74, 6) is 0.408. The highest BCUT2D eigenvalue weighted by Crippen LogP contribution is 2.32. The zero-order chi connectivity index (χ0) is 11.1. The zero-order valence-corrected chi connectivity index (χ0v) is 8.56. The number of nitrogens with two attached hydrogens (primary N) is 1. The van der Waals surface area contributed by atoms with Gasteiger partial charge in [0.05, 0.1) is 12.1 Å². The lowest BCUT2D eigenvalue weighted by Gasteiger charge is -2.05. The molecule has 0 bridgehead atoms. The van der Waals surface area contributed by atoms with Gasteiger partial charge in [-0.05, 0) is 18.2 Å². The minimum Gasteiger partial charge on any atom is -0.492 e. The van der Waals surface area contributed by atoms with Crippen LogP contribution in [-0.4, -0.2) is 17.5 Å². The molecule has 1 amide bonds. The van der Waals surface area contributed by atoms with Crippen molar-refractivity contribution in [2.75, 3.05) is 6.61 Å². The lowest BCUT2D eigenvalue weighted by molar-refractivity contribution is 0.100. The molecule has 0 radical (unpaired) electrons. The summed E-state index contributed by atoms with van der Waals surface area (Å²) < 4.78 is 5.55. The van der Waals surface area contributed by atoms with Crippen molar-refractivity contribution in [3.8, 4) is 5.75 Å². The minimum atomic E-state index is -0.433. The second-order valence-electron chi connectivity index (χ2n) is 3.81. The number of fused-ring (bicyclic) bond motifs is 3. The summed E-state index contributed by atoms with van der Waals surface area (Å²) in [6.07, 6.45) is 2.70. The van der Waals surface area contributed by atoms with E-state index >= 15 is 0 Å². The van der Waals surface area contributed by atoms with E-state index in [1.165, 1.54) is 0 Å². The summed E-state index contributed by atoms with van der Waals surface area (Å²) in [4.78, 5) is 15.4. The average molecular weight is 214 g/mol. The van der Waals surface area contributed by atoms with Crippen LogP contribution >= 0.6 is 0 Å². The van der Waals surface area contributed by atoms with Gasteiger partial charge in [0, 0.05) is 29.1 Å². The van der Waals surface area contributed by atoms with Crippen LogP contribution in [0.25, 0.3) is 10.9 Å². The third kappa shape index (κ3) is 1.23. The van der Waals surface area contributed by atoms with Crippen molar-refractivity contribution in [1.82, 2.24) is 4.98 Å². The molecular formula is C12H10N2O2. The molecule has 80 valence electrons. The fraction of sp³-hybridized carbons (Fsp3) is 0.167. The molecule has 1 aromatic heterocycles. The van der Waals surface area contributed by atoms with Gasteiger partial charge < -0.3 is 10.5 Å². The molecule has 1 aliphatic rings. The third-order valence-corrected chi connectivity index (χ3v) is 2.79. The SMILES string of the molecule is NC(=O)c1ccc2ncc3c(c2c1)OCC3. The fourth-order valence-electron chi connectivity index (χ4n) is 1.97. The van der Waals surface area contributed by atoms with Crippen LogP contribution in [0, 0.1) is 0 Å². The molecule has 0 saturated heterocycles. The van der Waals surface area contributed by atoms with E-state index in [0.29, 0.717) is 12.2 Å². The van der Waals surface area contributed by atoms with Crippen molar-refractivity contribution < 1.29 is 9.53 Å². The van der Waals surface area contributed by atoms with Crippen LogP contribution in [0.1, 0.15) is 15.9 Å². The van der Waals surface area contributed by atoms with E-state index in [-0.39, 0.29) is 0 Å². The van der Waals surface area contributed by atoms with Crippen LogP contribution < -0.4 is 10.5 Å². The van der Waals surface area contributed by atoms with Gasteiger partial charge in [-0.1, -0.05) is 0 Å². The van der Waals surface area contributed by atoms with E-state index < -0.39 is 5.91 Å². The zero-order valence-electron chi connectivity index (χ0n) is 8.56. The van der Waals surface area contributed by atoms with Crippen molar-refractivity contribution in [1.29, 1.82) is 0 Å². The molecular weight excluding hydrogens is 204 g/mol. The molecule has 0 fully saturated rings. The first-order valence-corrected chi connectivity index (χ1v) is 5.10. The van der Waals surface area contributed by atoms with E-state index in [0.717, 1.165) is 28.6 Å². The smallest absolute Gasteiger partial charge is 0.248 e. The number of primary amides is 1. The second kappa shape index (κ2) is 3.20. The summed E-state index contributed by atoms with van der Waals surface area (Å²) in [5, 5.41) is 0.867. The predicted molar refractivity (Wildman–Crippen MR) is 59.5 cm³/mol. The van der Waals surface area contributed by atoms with E-state index in [9.17, 15) is 4.79 Å². The van der Waals surface area contributed by atoms with Crippen molar-refractivity contribution in [3.63, 3.8) is 0 Å². The molecule has 2 heterocycles. The Bertz CT molecular complexity index is 593. The van der Waals surface area contributed by atoms with Gasteiger partial charge >= 0.3 is 0 Å². The molecule has 2 aromatic rings. The standard InChI is InChI=1S/C12H10N2O2/c13-12(15)7-1-2-10-9(5-7)11-8(6-14-10)3-4-16-11/h1-2,5-6H,3-4H2,(H2,13,15). The third-order valence-electron chi connectivity index (χ3n) is 2.79. The molecule has 0 spiro atoms. The number of pyridine rings is 1. The number of hydrogen-bond acceptors (Lipinski definition) is 3. The Balaban J connectivity index is 2.32. The first kappa shape index (κ1) is 9.15. The number of ether oxygens (including phenoxy) is 1. The Morgan fingerprint density at radius 3 is 3.12 bits per heavy atom. The molecule has 3 rings (SSSR count). The molecule has 16 heavy (non-hydrogen) atoms. The Morgan fingerprint density at radius 1 is 1.44 bits per heavy atom. The number of nitrogens with zero attached hydrogens (tertiary/aromatic N) is 1. The van der Waals surface area contributed by atoms with Gasteiger partial charge in [0.1, 0.15) is 5.75 Å². The van der Waals surface area contributed by atoms with Gasteiger partial charge in [0.15, 0.2) is 0 Å². The number of rotatable bonds is 1. The summed E-state index contributed by atoms with van der Waals surface area (Å²) in [7, 11) is 0. The number of hydrogen-bond donors (Lipinski definition) is 1. The normalized spacial score (nSPS) is 13.5. The van der Waals surface area contributed by atoms with Crippen molar-refractivity contribution >= 4 is 16.8 Å². The van der Waals surface area contributed by atoms with Gasteiger partial charge in [0.2, 0.25) is 5.91 Å². The predicted octanol–water partition coefficient (Wildman–Crippen LogP) is 1.27. The molecule has 4 nitrogen and oxygen atoms in total. The lowest BCUT2D eigenvalue weighted by atomic mass is 10.1. The highest BCUT2D eigenvalue weighted by atomic mass is 16.5. The molecule has 4 heteroatoms. The molecule has 0 unspecified atom stereocenters. The maximum absolute atomic E-state index is 11.1. The summed E-state index contributed by atoms with van der Waals surface area (Å²) in [5.41, 5.74) is 7.65. The lowest BCUT2D eigenvalue weighted by Crippen LogP contribution is -2.10. The molecule has 0 aliphatic carbocycles. The molecule has 0 atom stereocenters. The molecule has 2 N–H and O–H groups in total. The maximum atomic E-state index is 11.1. The Hall–Kier alpha value is -2.10. The Labute approximate surface area is 92.0 Å². The summed E-state index contributed by atoms with van der Waals surface area (Å²) in [6.45, 7) is 0.678. The summed E-state index contributed by atoms with van der Waals surface area (Å²) >= 11 is 0. The van der Waals surface area contributed by atoms with Crippen molar-refractivity contribution in [2.24, 2.45) is 5.73 Å². The molecule has 0 saturated carbocycles. The van der Waals surface area contributed by atoms with Crippen LogP contribution in [-0.2, 0) is 6.42 Å². The van der Waals surface area contributed by atoms with E-state index in [1.807, 2.05) is 6.20 Å². The van der Waals surface area contributed by atoms with Gasteiger partial charge in [-0.25, -0.2) is 0 Å². The molecule has 1 aliphatic heterocycles. The largest absolute Gasteiger partial charge is 0.492 e. The van der Waals surface area contributed by atoms with E-state index in [4.69, 9.17) is 10.5 Å². The van der Waals surface area contributed by atoms with Crippen molar-refractivity contribution in [2.45, 2.75) is 6.42 Å². The number of benzene rings is 1. The van der Waals surface area contributed by atoms with E-state index in [2.05, 4.69) is 4.98 Å². The summed E-state index contributed by atoms with van der Waals surface area (Å²) in [6, 6.07) is 5.21. The maximum Gasteiger partial charge on any atom is 0.248 e. The minimum absolute atomic E-state index is 0.433. The van der Waals surface area contributed by atoms with Gasteiger partial charge in [-0.15, -0.1) is 0 Å². The van der Waals surface area contributed by atoms with Gasteiger partial charge in [0.25, 0.3) is 0 Å². The van der Waals surface area contributed by atoms with Crippen LogP contribution in [0.4, 0.5) is 0 Å². The number of aromatic nitrogens is 1.